The first-order valence-corrected chi connectivity index (χ1v) is 6.44. The van der Waals surface area contributed by atoms with Crippen molar-refractivity contribution in [2.75, 3.05) is 6.54 Å². The maximum absolute atomic E-state index is 9.00. The molecule has 1 aliphatic heterocycles. The molecule has 0 amide bonds. The molecule has 19 heavy (non-hydrogen) atoms. The molecule has 2 heterocycles. The van der Waals surface area contributed by atoms with Crippen molar-refractivity contribution < 1.29 is 9.90 Å². The van der Waals surface area contributed by atoms with E-state index in [4.69, 9.17) is 9.90 Å². The number of carbonyl (C=O) groups is 1. The standard InChI is InChI=1S/C13H14N2.C2H4O2/c1-2-5-12-10(4-1)8-11(9-15-12)13-6-3-7-14-13;1-2(3)4/h1-2,4-5,8-9,13-14H,3,6-7H2;1H3,(H,3,4). The molecular weight excluding hydrogens is 240 g/mol. The number of hydrogen-bond donors (Lipinski definition) is 2. The highest BCUT2D eigenvalue weighted by atomic mass is 16.4. The van der Waals surface area contributed by atoms with Gasteiger partial charge in [0.15, 0.2) is 0 Å². The lowest BCUT2D eigenvalue weighted by Crippen LogP contribution is -2.12. The van der Waals surface area contributed by atoms with E-state index >= 15 is 0 Å². The first-order valence-electron chi connectivity index (χ1n) is 6.44. The zero-order valence-electron chi connectivity index (χ0n) is 11.0. The lowest BCUT2D eigenvalue weighted by atomic mass is 10.1. The van der Waals surface area contributed by atoms with Crippen LogP contribution < -0.4 is 5.32 Å². The topological polar surface area (TPSA) is 62.2 Å². The largest absolute Gasteiger partial charge is 0.481 e. The fourth-order valence-electron chi connectivity index (χ4n) is 2.25. The molecule has 0 spiro atoms. The fourth-order valence-corrected chi connectivity index (χ4v) is 2.25. The Morgan fingerprint density at radius 3 is 2.84 bits per heavy atom. The van der Waals surface area contributed by atoms with Gasteiger partial charge in [-0.15, -0.1) is 0 Å². The van der Waals surface area contributed by atoms with Crippen molar-refractivity contribution in [3.63, 3.8) is 0 Å². The molecule has 0 saturated carbocycles. The SMILES string of the molecule is CC(=O)O.c1ccc2ncc(C3CCCN3)cc2c1. The molecule has 3 rings (SSSR count). The van der Waals surface area contributed by atoms with Crippen LogP contribution >= 0.6 is 0 Å². The molecule has 4 heteroatoms. The second kappa shape index (κ2) is 6.29. The molecule has 0 radical (unpaired) electrons. The Labute approximate surface area is 112 Å². The molecule has 4 nitrogen and oxygen atoms in total. The van der Waals surface area contributed by atoms with Crippen LogP contribution in [0.15, 0.2) is 36.5 Å². The number of aromatic nitrogens is 1. The Hall–Kier alpha value is -1.94. The number of fused-ring (bicyclic) bond motifs is 1. The molecule has 1 atom stereocenters. The summed E-state index contributed by atoms with van der Waals surface area (Å²) in [4.78, 5) is 13.5. The number of nitrogens with zero attached hydrogens (tertiary/aromatic N) is 1. The minimum Gasteiger partial charge on any atom is -0.481 e. The predicted molar refractivity (Wildman–Crippen MR) is 75.0 cm³/mol. The van der Waals surface area contributed by atoms with Crippen LogP contribution in [0.4, 0.5) is 0 Å². The summed E-state index contributed by atoms with van der Waals surface area (Å²) in [5.74, 6) is -0.833. The number of benzene rings is 1. The zero-order chi connectivity index (χ0) is 13.7. The summed E-state index contributed by atoms with van der Waals surface area (Å²) in [6.07, 6.45) is 4.52. The summed E-state index contributed by atoms with van der Waals surface area (Å²) in [6, 6.07) is 11.0. The van der Waals surface area contributed by atoms with Crippen LogP contribution in [0.2, 0.25) is 0 Å². The lowest BCUT2D eigenvalue weighted by molar-refractivity contribution is -0.134. The summed E-state index contributed by atoms with van der Waals surface area (Å²) >= 11 is 0. The lowest BCUT2D eigenvalue weighted by Gasteiger charge is -2.10. The van der Waals surface area contributed by atoms with Crippen molar-refractivity contribution >= 4 is 16.9 Å². The van der Waals surface area contributed by atoms with E-state index in [0.29, 0.717) is 6.04 Å². The van der Waals surface area contributed by atoms with Gasteiger partial charge < -0.3 is 10.4 Å². The number of aliphatic carboxylic acids is 1. The van der Waals surface area contributed by atoms with Gasteiger partial charge in [0.05, 0.1) is 5.52 Å². The van der Waals surface area contributed by atoms with Crippen molar-refractivity contribution in [1.82, 2.24) is 10.3 Å². The Morgan fingerprint density at radius 1 is 1.42 bits per heavy atom. The van der Waals surface area contributed by atoms with Crippen LogP contribution in [0.1, 0.15) is 31.4 Å². The molecule has 1 saturated heterocycles. The number of rotatable bonds is 1. The van der Waals surface area contributed by atoms with Crippen LogP contribution in [0, 0.1) is 0 Å². The van der Waals surface area contributed by atoms with Gasteiger partial charge in [0.25, 0.3) is 5.97 Å². The quantitative estimate of drug-likeness (QED) is 0.825. The van der Waals surface area contributed by atoms with Gasteiger partial charge in [0, 0.05) is 24.5 Å². The van der Waals surface area contributed by atoms with Crippen molar-refractivity contribution in [3.8, 4) is 0 Å². The molecular formula is C15H18N2O2. The van der Waals surface area contributed by atoms with E-state index in [0.717, 1.165) is 19.0 Å². The van der Waals surface area contributed by atoms with E-state index < -0.39 is 5.97 Å². The van der Waals surface area contributed by atoms with Crippen molar-refractivity contribution in [2.45, 2.75) is 25.8 Å². The van der Waals surface area contributed by atoms with E-state index in [9.17, 15) is 0 Å². The molecule has 2 N–H and O–H groups in total. The van der Waals surface area contributed by atoms with Gasteiger partial charge in [-0.05, 0) is 37.1 Å². The normalized spacial score (nSPS) is 17.8. The molecule has 1 unspecified atom stereocenters. The number of carboxylic acids is 1. The number of pyridine rings is 1. The summed E-state index contributed by atoms with van der Waals surface area (Å²) < 4.78 is 0. The van der Waals surface area contributed by atoms with Gasteiger partial charge in [0.2, 0.25) is 0 Å². The van der Waals surface area contributed by atoms with Crippen LogP contribution in [0.3, 0.4) is 0 Å². The second-order valence-corrected chi connectivity index (χ2v) is 4.63. The summed E-state index contributed by atoms with van der Waals surface area (Å²) in [5.41, 5.74) is 2.41. The highest BCUT2D eigenvalue weighted by molar-refractivity contribution is 5.78. The van der Waals surface area contributed by atoms with E-state index in [-0.39, 0.29) is 0 Å². The van der Waals surface area contributed by atoms with E-state index in [1.54, 1.807) is 0 Å². The molecule has 100 valence electrons. The maximum atomic E-state index is 9.00. The third kappa shape index (κ3) is 3.76. The predicted octanol–water partition coefficient (Wildman–Crippen LogP) is 2.75. The van der Waals surface area contributed by atoms with E-state index in [1.165, 1.54) is 23.8 Å². The van der Waals surface area contributed by atoms with Gasteiger partial charge >= 0.3 is 0 Å². The average Bonchev–Trinajstić information content (AvgIpc) is 2.91. The van der Waals surface area contributed by atoms with Gasteiger partial charge in [-0.1, -0.05) is 18.2 Å². The second-order valence-electron chi connectivity index (χ2n) is 4.63. The first kappa shape index (κ1) is 13.5. The summed E-state index contributed by atoms with van der Waals surface area (Å²) in [6.45, 7) is 2.22. The number of para-hydroxylation sites is 1. The zero-order valence-corrected chi connectivity index (χ0v) is 11.0. The van der Waals surface area contributed by atoms with Crippen molar-refractivity contribution in [2.24, 2.45) is 0 Å². The van der Waals surface area contributed by atoms with Crippen molar-refractivity contribution in [3.05, 3.63) is 42.1 Å². The third-order valence-corrected chi connectivity index (χ3v) is 3.07. The van der Waals surface area contributed by atoms with E-state index in [1.807, 2.05) is 12.3 Å². The average molecular weight is 258 g/mol. The van der Waals surface area contributed by atoms with Crippen LogP contribution in [-0.4, -0.2) is 22.6 Å². The number of nitrogens with one attached hydrogen (secondary N) is 1. The molecule has 1 aromatic heterocycles. The van der Waals surface area contributed by atoms with Gasteiger partial charge in [-0.25, -0.2) is 0 Å². The highest BCUT2D eigenvalue weighted by Gasteiger charge is 2.16. The third-order valence-electron chi connectivity index (χ3n) is 3.07. The van der Waals surface area contributed by atoms with Gasteiger partial charge in [-0.3, -0.25) is 9.78 Å². The smallest absolute Gasteiger partial charge is 0.300 e. The monoisotopic (exact) mass is 258 g/mol. The number of hydrogen-bond acceptors (Lipinski definition) is 3. The van der Waals surface area contributed by atoms with Crippen molar-refractivity contribution in [1.29, 1.82) is 0 Å². The Bertz CT molecular complexity index is 559. The summed E-state index contributed by atoms with van der Waals surface area (Å²) in [5, 5.41) is 12.2. The van der Waals surface area contributed by atoms with E-state index in [2.05, 4.69) is 34.6 Å². The Balaban J connectivity index is 0.000000297. The first-order chi connectivity index (χ1) is 9.16. The molecule has 1 aromatic carbocycles. The van der Waals surface area contributed by atoms with Gasteiger partial charge in [-0.2, -0.15) is 0 Å². The van der Waals surface area contributed by atoms with Crippen LogP contribution in [0.25, 0.3) is 10.9 Å². The highest BCUT2D eigenvalue weighted by Crippen LogP contribution is 2.24. The van der Waals surface area contributed by atoms with Crippen LogP contribution in [0.5, 0.6) is 0 Å². The van der Waals surface area contributed by atoms with Crippen LogP contribution in [-0.2, 0) is 4.79 Å². The molecule has 2 aromatic rings. The molecule has 1 fully saturated rings. The molecule has 0 aliphatic carbocycles. The Morgan fingerprint density at radius 2 is 2.16 bits per heavy atom. The Kier molecular flexibility index (Phi) is 4.47. The minimum absolute atomic E-state index is 0.516. The molecule has 0 bridgehead atoms. The fraction of sp³-hybridized carbons (Fsp3) is 0.333. The number of carboxylic acid groups (broad SMARTS) is 1. The maximum Gasteiger partial charge on any atom is 0.300 e. The van der Waals surface area contributed by atoms with Gasteiger partial charge in [0.1, 0.15) is 0 Å². The molecule has 1 aliphatic rings. The minimum atomic E-state index is -0.833. The summed E-state index contributed by atoms with van der Waals surface area (Å²) in [7, 11) is 0.